The predicted octanol–water partition coefficient (Wildman–Crippen LogP) is 2.93. The number of hydrogen-bond acceptors (Lipinski definition) is 4. The fourth-order valence-electron chi connectivity index (χ4n) is 6.05. The van der Waals surface area contributed by atoms with E-state index in [0.717, 1.165) is 35.8 Å². The van der Waals surface area contributed by atoms with Gasteiger partial charge in [0.25, 0.3) is 0 Å². The Hall–Kier alpha value is -2.17. The third-order valence-electron chi connectivity index (χ3n) is 7.43. The Morgan fingerprint density at radius 3 is 2.04 bits per heavy atom. The normalized spacial score (nSPS) is 34.5. The molecule has 4 nitrogen and oxygen atoms in total. The van der Waals surface area contributed by atoms with E-state index in [2.05, 4.69) is 11.9 Å². The van der Waals surface area contributed by atoms with E-state index >= 15 is 0 Å². The molecular weight excluding hydrogens is 338 g/mol. The van der Waals surface area contributed by atoms with Crippen molar-refractivity contribution in [3.63, 3.8) is 0 Å². The molecule has 0 radical (unpaired) electrons. The van der Waals surface area contributed by atoms with E-state index in [0.29, 0.717) is 23.2 Å². The minimum Gasteiger partial charge on any atom is -0.460 e. The third kappa shape index (κ3) is 1.97. The fourth-order valence-corrected chi connectivity index (χ4v) is 6.05. The zero-order valence-electron chi connectivity index (χ0n) is 15.3. The summed E-state index contributed by atoms with van der Waals surface area (Å²) in [5.74, 6) is 1.06. The van der Waals surface area contributed by atoms with E-state index in [9.17, 15) is 9.90 Å². The molecule has 2 aromatic carbocycles. The first-order chi connectivity index (χ1) is 13.1. The highest BCUT2D eigenvalue weighted by atomic mass is 16.6. The summed E-state index contributed by atoms with van der Waals surface area (Å²) in [5.41, 5.74) is 1.39. The molecule has 5 atom stereocenters. The van der Waals surface area contributed by atoms with Crippen molar-refractivity contribution in [2.45, 2.75) is 43.1 Å². The summed E-state index contributed by atoms with van der Waals surface area (Å²) in [6, 6.07) is 16.3. The summed E-state index contributed by atoms with van der Waals surface area (Å²) in [6.45, 7) is 0. The molecule has 2 heterocycles. The molecule has 1 N–H and O–H groups in total. The van der Waals surface area contributed by atoms with Crippen molar-refractivity contribution in [1.82, 2.24) is 4.90 Å². The quantitative estimate of drug-likeness (QED) is 0.836. The van der Waals surface area contributed by atoms with E-state index < -0.39 is 11.6 Å². The number of piperidine rings is 2. The second-order valence-corrected chi connectivity index (χ2v) is 8.66. The molecule has 2 saturated heterocycles. The van der Waals surface area contributed by atoms with Gasteiger partial charge in [0.15, 0.2) is 0 Å². The maximum Gasteiger partial charge on any atom is 0.348 e. The van der Waals surface area contributed by atoms with Crippen molar-refractivity contribution in [3.8, 4) is 11.1 Å². The van der Waals surface area contributed by atoms with Crippen molar-refractivity contribution < 1.29 is 14.6 Å². The van der Waals surface area contributed by atoms with Crippen LogP contribution in [0.5, 0.6) is 0 Å². The number of rotatable bonds is 2. The topological polar surface area (TPSA) is 49.8 Å². The zero-order chi connectivity index (χ0) is 18.3. The second kappa shape index (κ2) is 5.21. The molecule has 2 aromatic rings. The molecular formula is C23H23NO3. The van der Waals surface area contributed by atoms with Crippen molar-refractivity contribution >= 4 is 5.97 Å². The Morgan fingerprint density at radius 2 is 1.48 bits per heavy atom. The van der Waals surface area contributed by atoms with Gasteiger partial charge in [-0.15, -0.1) is 0 Å². The van der Waals surface area contributed by atoms with Crippen molar-refractivity contribution in [2.24, 2.45) is 11.8 Å². The number of nitrogens with zero attached hydrogens (tertiary/aromatic N) is 1. The maximum atomic E-state index is 13.3. The van der Waals surface area contributed by atoms with Gasteiger partial charge in [-0.3, -0.25) is 4.90 Å². The van der Waals surface area contributed by atoms with E-state index in [4.69, 9.17) is 4.74 Å². The number of hydrogen-bond donors (Lipinski definition) is 1. The van der Waals surface area contributed by atoms with Crippen LogP contribution in [0.4, 0.5) is 0 Å². The highest BCUT2D eigenvalue weighted by Crippen LogP contribution is 2.58. The predicted molar refractivity (Wildman–Crippen MR) is 101 cm³/mol. The van der Waals surface area contributed by atoms with E-state index in [1.54, 1.807) is 0 Å². The monoisotopic (exact) mass is 361 g/mol. The number of carbonyl (C=O) groups is 1. The van der Waals surface area contributed by atoms with Crippen LogP contribution in [0.1, 0.15) is 30.4 Å². The summed E-state index contributed by atoms with van der Waals surface area (Å²) in [6.07, 6.45) is 3.02. The molecule has 4 aliphatic rings. The van der Waals surface area contributed by atoms with Crippen molar-refractivity contribution in [3.05, 3.63) is 59.7 Å². The lowest BCUT2D eigenvalue weighted by atomic mass is 9.91. The van der Waals surface area contributed by atoms with Crippen LogP contribution in [0.15, 0.2) is 48.5 Å². The third-order valence-corrected chi connectivity index (χ3v) is 7.43. The molecule has 0 aromatic heterocycles. The van der Waals surface area contributed by atoms with Gasteiger partial charge in [0.2, 0.25) is 5.60 Å². The summed E-state index contributed by atoms with van der Waals surface area (Å²) in [5, 5.41) is 11.6. The molecule has 0 amide bonds. The van der Waals surface area contributed by atoms with Gasteiger partial charge in [-0.05, 0) is 36.4 Å². The molecule has 2 bridgehead atoms. The highest BCUT2D eigenvalue weighted by molar-refractivity contribution is 5.96. The minimum atomic E-state index is -1.71. The Labute approximate surface area is 158 Å². The van der Waals surface area contributed by atoms with Crippen LogP contribution in [0.2, 0.25) is 0 Å². The SMILES string of the molecule is CN1C2CC(OC(=O)C3(O)c4ccccc4-c4ccccc43)C[C@H]1[C@H]1CC21. The Morgan fingerprint density at radius 1 is 0.963 bits per heavy atom. The van der Waals surface area contributed by atoms with Crippen molar-refractivity contribution in [1.29, 1.82) is 0 Å². The lowest BCUT2D eigenvalue weighted by molar-refractivity contribution is -0.171. The van der Waals surface area contributed by atoms with Crippen LogP contribution >= 0.6 is 0 Å². The van der Waals surface area contributed by atoms with E-state index in [1.165, 1.54) is 6.42 Å². The molecule has 2 aliphatic carbocycles. The molecule has 3 fully saturated rings. The van der Waals surface area contributed by atoms with E-state index in [-0.39, 0.29) is 6.10 Å². The van der Waals surface area contributed by atoms with Crippen LogP contribution in [-0.4, -0.2) is 41.2 Å². The number of fused-ring (bicyclic) bond motifs is 8. The smallest absolute Gasteiger partial charge is 0.348 e. The van der Waals surface area contributed by atoms with Crippen molar-refractivity contribution in [2.75, 3.05) is 7.05 Å². The number of esters is 1. The largest absolute Gasteiger partial charge is 0.460 e. The van der Waals surface area contributed by atoms with Crippen LogP contribution in [-0.2, 0) is 15.1 Å². The number of carbonyl (C=O) groups excluding carboxylic acids is 1. The number of ether oxygens (including phenoxy) is 1. The summed E-state index contributed by atoms with van der Waals surface area (Å²) in [7, 11) is 2.20. The molecule has 2 aliphatic heterocycles. The van der Waals surface area contributed by atoms with Crippen LogP contribution in [0.25, 0.3) is 11.1 Å². The fraction of sp³-hybridized carbons (Fsp3) is 0.435. The second-order valence-electron chi connectivity index (χ2n) is 8.66. The van der Waals surface area contributed by atoms with E-state index in [1.807, 2.05) is 48.5 Å². The Balaban J connectivity index is 1.33. The summed E-state index contributed by atoms with van der Waals surface area (Å²) in [4.78, 5) is 15.8. The summed E-state index contributed by atoms with van der Waals surface area (Å²) < 4.78 is 5.97. The average Bonchev–Trinajstić information content (AvgIpc) is 3.40. The van der Waals surface area contributed by atoms with Gasteiger partial charge < -0.3 is 9.84 Å². The van der Waals surface area contributed by atoms with Crippen LogP contribution in [0.3, 0.4) is 0 Å². The highest BCUT2D eigenvalue weighted by Gasteiger charge is 2.61. The maximum absolute atomic E-state index is 13.3. The van der Waals surface area contributed by atoms with Crippen LogP contribution in [0, 0.1) is 11.8 Å². The molecule has 6 rings (SSSR count). The molecule has 1 saturated carbocycles. The Bertz CT molecular complexity index is 891. The summed E-state index contributed by atoms with van der Waals surface area (Å²) >= 11 is 0. The molecule has 138 valence electrons. The number of benzene rings is 2. The van der Waals surface area contributed by atoms with Gasteiger partial charge >= 0.3 is 5.97 Å². The first-order valence-corrected chi connectivity index (χ1v) is 9.94. The molecule has 4 heteroatoms. The molecule has 3 unspecified atom stereocenters. The molecule has 0 spiro atoms. The van der Waals surface area contributed by atoms with Gasteiger partial charge in [0.05, 0.1) is 0 Å². The standard InChI is InChI=1S/C23H23NO3/c1-24-20-10-13(11-21(24)17-12-16(17)20)27-22(25)23(26)18-8-4-2-6-14(18)15-7-3-5-9-19(15)23/h2-9,13,16-17,20-21,26H,10-12H2,1H3/t13?,16-,17?,20-,21?/m0/s1. The molecule has 27 heavy (non-hydrogen) atoms. The minimum absolute atomic E-state index is 0.0968. The first kappa shape index (κ1) is 15.8. The van der Waals surface area contributed by atoms with Crippen LogP contribution < -0.4 is 0 Å². The lowest BCUT2D eigenvalue weighted by Crippen LogP contribution is -2.48. The van der Waals surface area contributed by atoms with Gasteiger partial charge in [0, 0.05) is 36.1 Å². The average molecular weight is 361 g/mol. The van der Waals surface area contributed by atoms with Gasteiger partial charge in [-0.2, -0.15) is 0 Å². The van der Waals surface area contributed by atoms with Gasteiger partial charge in [-0.1, -0.05) is 48.5 Å². The zero-order valence-corrected chi connectivity index (χ0v) is 15.3. The van der Waals surface area contributed by atoms with Gasteiger partial charge in [0.1, 0.15) is 6.10 Å². The first-order valence-electron chi connectivity index (χ1n) is 9.94. The number of aliphatic hydroxyl groups is 1. The Kier molecular flexibility index (Phi) is 3.06. The lowest BCUT2D eigenvalue weighted by Gasteiger charge is -2.39. The van der Waals surface area contributed by atoms with Gasteiger partial charge in [-0.25, -0.2) is 4.79 Å².